The zero-order valence-electron chi connectivity index (χ0n) is 10.7. The third kappa shape index (κ3) is 3.48. The Hall–Kier alpha value is -2.18. The Labute approximate surface area is 130 Å². The molecule has 1 N–H and O–H groups in total. The van der Waals surface area contributed by atoms with Crippen molar-refractivity contribution >= 4 is 34.6 Å². The SMILES string of the molecule is O=[N+]([O-])c1cc(CCl)ccc1OC(=S)c1ccccc1O. The number of hydrogen-bond acceptors (Lipinski definition) is 5. The molecule has 0 unspecified atom stereocenters. The minimum Gasteiger partial charge on any atom is -0.507 e. The molecule has 0 fully saturated rings. The first kappa shape index (κ1) is 15.2. The minimum absolute atomic E-state index is 0.00196. The molecule has 0 bridgehead atoms. The second-order valence-electron chi connectivity index (χ2n) is 4.10. The number of nitro groups is 1. The number of aromatic hydroxyl groups is 1. The first-order valence-electron chi connectivity index (χ1n) is 5.86. The number of phenolic OH excluding ortho intramolecular Hbond substituents is 1. The lowest BCUT2D eigenvalue weighted by atomic mass is 10.2. The van der Waals surface area contributed by atoms with Crippen molar-refractivity contribution in [2.75, 3.05) is 0 Å². The lowest BCUT2D eigenvalue weighted by molar-refractivity contribution is -0.385. The average Bonchev–Trinajstić information content (AvgIpc) is 2.47. The van der Waals surface area contributed by atoms with Crippen LogP contribution in [0.5, 0.6) is 11.5 Å². The van der Waals surface area contributed by atoms with Gasteiger partial charge < -0.3 is 9.84 Å². The van der Waals surface area contributed by atoms with Gasteiger partial charge in [0.15, 0.2) is 0 Å². The van der Waals surface area contributed by atoms with E-state index in [-0.39, 0.29) is 28.1 Å². The maximum Gasteiger partial charge on any atom is 0.311 e. The van der Waals surface area contributed by atoms with Crippen molar-refractivity contribution < 1.29 is 14.8 Å². The maximum atomic E-state index is 11.1. The summed E-state index contributed by atoms with van der Waals surface area (Å²) in [6.07, 6.45) is 0. The summed E-state index contributed by atoms with van der Waals surface area (Å²) in [5.74, 6) is 0.107. The molecule has 0 atom stereocenters. The standard InChI is InChI=1S/C14H10ClNO4S/c15-8-9-5-6-13(11(7-9)16(18)19)20-14(21)10-3-1-2-4-12(10)17/h1-7,17H,8H2. The fraction of sp³-hybridized carbons (Fsp3) is 0.0714. The van der Waals surface area contributed by atoms with E-state index in [2.05, 4.69) is 0 Å². The van der Waals surface area contributed by atoms with Gasteiger partial charge in [0.25, 0.3) is 0 Å². The van der Waals surface area contributed by atoms with E-state index >= 15 is 0 Å². The van der Waals surface area contributed by atoms with E-state index in [0.29, 0.717) is 11.1 Å². The Balaban J connectivity index is 2.33. The molecule has 0 aliphatic carbocycles. The average molecular weight is 324 g/mol. The number of para-hydroxylation sites is 1. The normalized spacial score (nSPS) is 10.1. The highest BCUT2D eigenvalue weighted by Crippen LogP contribution is 2.30. The highest BCUT2D eigenvalue weighted by Gasteiger charge is 2.19. The van der Waals surface area contributed by atoms with Gasteiger partial charge in [0.05, 0.1) is 10.5 Å². The third-order valence-electron chi connectivity index (χ3n) is 2.70. The molecule has 108 valence electrons. The molecule has 2 rings (SSSR count). The monoisotopic (exact) mass is 323 g/mol. The van der Waals surface area contributed by atoms with Gasteiger partial charge in [-0.3, -0.25) is 10.1 Å². The van der Waals surface area contributed by atoms with Gasteiger partial charge >= 0.3 is 5.69 Å². The lowest BCUT2D eigenvalue weighted by Crippen LogP contribution is -2.08. The third-order valence-corrected chi connectivity index (χ3v) is 3.31. The summed E-state index contributed by atoms with van der Waals surface area (Å²) in [5.41, 5.74) is 0.665. The molecular weight excluding hydrogens is 314 g/mol. The van der Waals surface area contributed by atoms with Crippen LogP contribution in [0, 0.1) is 10.1 Å². The molecule has 0 saturated heterocycles. The minimum atomic E-state index is -0.571. The number of nitrogens with zero attached hydrogens (tertiary/aromatic N) is 1. The van der Waals surface area contributed by atoms with Crippen LogP contribution in [0.4, 0.5) is 5.69 Å². The predicted octanol–water partition coefficient (Wildman–Crippen LogP) is 3.79. The number of hydrogen-bond donors (Lipinski definition) is 1. The predicted molar refractivity (Wildman–Crippen MR) is 83.1 cm³/mol. The smallest absolute Gasteiger partial charge is 0.311 e. The Morgan fingerprint density at radius 1 is 1.33 bits per heavy atom. The molecule has 0 aromatic heterocycles. The fourth-order valence-corrected chi connectivity index (χ4v) is 2.10. The second kappa shape index (κ2) is 6.51. The molecule has 0 amide bonds. The molecule has 0 spiro atoms. The summed E-state index contributed by atoms with van der Waals surface area (Å²) in [4.78, 5) is 10.5. The van der Waals surface area contributed by atoms with E-state index in [0.717, 1.165) is 0 Å². The van der Waals surface area contributed by atoms with E-state index < -0.39 is 4.92 Å². The van der Waals surface area contributed by atoms with Crippen LogP contribution in [0.25, 0.3) is 0 Å². The van der Waals surface area contributed by atoms with Crippen LogP contribution in [0.15, 0.2) is 42.5 Å². The van der Waals surface area contributed by atoms with Crippen LogP contribution < -0.4 is 4.74 Å². The van der Waals surface area contributed by atoms with Crippen molar-refractivity contribution in [2.45, 2.75) is 5.88 Å². The Bertz CT molecular complexity index is 705. The Morgan fingerprint density at radius 2 is 2.05 bits per heavy atom. The van der Waals surface area contributed by atoms with E-state index in [1.807, 2.05) is 0 Å². The zero-order chi connectivity index (χ0) is 15.4. The number of phenols is 1. The van der Waals surface area contributed by atoms with Gasteiger partial charge in [0, 0.05) is 11.9 Å². The van der Waals surface area contributed by atoms with E-state index in [1.165, 1.54) is 18.2 Å². The van der Waals surface area contributed by atoms with E-state index in [4.69, 9.17) is 28.6 Å². The zero-order valence-corrected chi connectivity index (χ0v) is 12.2. The summed E-state index contributed by atoms with van der Waals surface area (Å²) in [6, 6.07) is 10.7. The van der Waals surface area contributed by atoms with Gasteiger partial charge in [0.1, 0.15) is 5.75 Å². The summed E-state index contributed by atoms with van der Waals surface area (Å²) < 4.78 is 5.36. The summed E-state index contributed by atoms with van der Waals surface area (Å²) in [6.45, 7) is 0. The van der Waals surface area contributed by atoms with Gasteiger partial charge in [-0.05, 0) is 36.0 Å². The number of benzene rings is 2. The molecule has 5 nitrogen and oxygen atoms in total. The van der Waals surface area contributed by atoms with Gasteiger partial charge in [0.2, 0.25) is 10.8 Å². The number of nitro benzene ring substituents is 1. The first-order valence-corrected chi connectivity index (χ1v) is 6.80. The van der Waals surface area contributed by atoms with Crippen LogP contribution in [0.1, 0.15) is 11.1 Å². The second-order valence-corrected chi connectivity index (χ2v) is 4.74. The quantitative estimate of drug-likeness (QED) is 0.401. The van der Waals surface area contributed by atoms with Crippen LogP contribution >= 0.6 is 23.8 Å². The summed E-state index contributed by atoms with van der Waals surface area (Å²) >= 11 is 10.7. The van der Waals surface area contributed by atoms with Crippen molar-refractivity contribution in [2.24, 2.45) is 0 Å². The number of thiocarbonyl (C=S) groups is 1. The Morgan fingerprint density at radius 3 is 2.67 bits per heavy atom. The van der Waals surface area contributed by atoms with Crippen molar-refractivity contribution in [1.29, 1.82) is 0 Å². The lowest BCUT2D eigenvalue weighted by Gasteiger charge is -2.09. The van der Waals surface area contributed by atoms with Gasteiger partial charge in [-0.15, -0.1) is 11.6 Å². The van der Waals surface area contributed by atoms with Crippen molar-refractivity contribution in [3.8, 4) is 11.5 Å². The molecule has 0 aliphatic heterocycles. The van der Waals surface area contributed by atoms with Gasteiger partial charge in [-0.25, -0.2) is 0 Å². The molecule has 7 heteroatoms. The number of halogens is 1. The molecule has 2 aromatic carbocycles. The Kier molecular flexibility index (Phi) is 4.72. The summed E-state index contributed by atoms with van der Waals surface area (Å²) in [7, 11) is 0. The number of alkyl halides is 1. The molecule has 2 aromatic rings. The van der Waals surface area contributed by atoms with Gasteiger partial charge in [-0.2, -0.15) is 0 Å². The highest BCUT2D eigenvalue weighted by atomic mass is 35.5. The van der Waals surface area contributed by atoms with Crippen molar-refractivity contribution in [3.63, 3.8) is 0 Å². The topological polar surface area (TPSA) is 72.6 Å². The maximum absolute atomic E-state index is 11.1. The molecule has 0 saturated carbocycles. The fourth-order valence-electron chi connectivity index (χ4n) is 1.68. The highest BCUT2D eigenvalue weighted by molar-refractivity contribution is 7.80. The summed E-state index contributed by atoms with van der Waals surface area (Å²) in [5, 5.41) is 20.7. The molecule has 21 heavy (non-hydrogen) atoms. The van der Waals surface area contributed by atoms with Crippen LogP contribution in [0.3, 0.4) is 0 Å². The molecular formula is C14H10ClNO4S. The van der Waals surface area contributed by atoms with Crippen molar-refractivity contribution in [1.82, 2.24) is 0 Å². The van der Waals surface area contributed by atoms with E-state index in [9.17, 15) is 15.2 Å². The van der Waals surface area contributed by atoms with Crippen molar-refractivity contribution in [3.05, 3.63) is 63.7 Å². The van der Waals surface area contributed by atoms with Gasteiger partial charge in [-0.1, -0.05) is 18.2 Å². The first-order chi connectivity index (χ1) is 10.0. The van der Waals surface area contributed by atoms with Crippen LogP contribution in [-0.4, -0.2) is 15.1 Å². The van der Waals surface area contributed by atoms with Crippen LogP contribution in [-0.2, 0) is 5.88 Å². The largest absolute Gasteiger partial charge is 0.507 e. The van der Waals surface area contributed by atoms with Crippen LogP contribution in [0.2, 0.25) is 0 Å². The number of rotatable bonds is 4. The molecule has 0 radical (unpaired) electrons. The molecule has 0 heterocycles. The number of ether oxygens (including phenoxy) is 1. The van der Waals surface area contributed by atoms with E-state index in [1.54, 1.807) is 24.3 Å². The molecule has 0 aliphatic rings.